The van der Waals surface area contributed by atoms with E-state index in [1.54, 1.807) is 0 Å². The summed E-state index contributed by atoms with van der Waals surface area (Å²) in [4.78, 5) is 4.71. The van der Waals surface area contributed by atoms with Crippen molar-refractivity contribution in [3.8, 4) is 0 Å². The van der Waals surface area contributed by atoms with Gasteiger partial charge < -0.3 is 15.5 Å². The van der Waals surface area contributed by atoms with Crippen molar-refractivity contribution in [1.29, 1.82) is 0 Å². The van der Waals surface area contributed by atoms with E-state index in [-0.39, 0.29) is 0 Å². The second-order valence-electron chi connectivity index (χ2n) is 5.13. The molecule has 0 aromatic heterocycles. The van der Waals surface area contributed by atoms with Crippen LogP contribution >= 0.6 is 0 Å². The number of hydrogen-bond donors (Lipinski definition) is 1. The molecule has 1 fully saturated rings. The van der Waals surface area contributed by atoms with E-state index >= 15 is 0 Å². The van der Waals surface area contributed by atoms with Gasteiger partial charge in [-0.25, -0.2) is 0 Å². The predicted octanol–water partition coefficient (Wildman–Crippen LogP) is 0.997. The van der Waals surface area contributed by atoms with Crippen molar-refractivity contribution in [3.63, 3.8) is 0 Å². The summed E-state index contributed by atoms with van der Waals surface area (Å²) in [6, 6.07) is 0.626. The van der Waals surface area contributed by atoms with Crippen molar-refractivity contribution < 1.29 is 0 Å². The lowest BCUT2D eigenvalue weighted by Gasteiger charge is -2.39. The van der Waals surface area contributed by atoms with Crippen molar-refractivity contribution in [2.24, 2.45) is 11.7 Å². The Bertz CT molecular complexity index is 166. The van der Waals surface area contributed by atoms with E-state index in [4.69, 9.17) is 5.73 Å². The van der Waals surface area contributed by atoms with E-state index in [2.05, 4.69) is 30.9 Å². The van der Waals surface area contributed by atoms with E-state index in [0.717, 1.165) is 12.5 Å². The quantitative estimate of drug-likeness (QED) is 0.685. The zero-order valence-electron chi connectivity index (χ0n) is 10.6. The summed E-state index contributed by atoms with van der Waals surface area (Å²) >= 11 is 0. The van der Waals surface area contributed by atoms with Gasteiger partial charge in [-0.1, -0.05) is 6.42 Å². The molecule has 15 heavy (non-hydrogen) atoms. The molecule has 0 aliphatic heterocycles. The summed E-state index contributed by atoms with van der Waals surface area (Å²) in [7, 11) is 6.49. The summed E-state index contributed by atoms with van der Waals surface area (Å²) in [5.74, 6) is 0.874. The fourth-order valence-corrected chi connectivity index (χ4v) is 2.36. The standard InChI is InChI=1S/C12H27N3/c1-14(2)8-5-9-15(3)12(10-13)11-6-4-7-11/h11-12H,4-10,13H2,1-3H3. The van der Waals surface area contributed by atoms with Crippen LogP contribution in [0.3, 0.4) is 0 Å². The molecule has 1 saturated carbocycles. The van der Waals surface area contributed by atoms with Crippen molar-refractivity contribution >= 4 is 0 Å². The van der Waals surface area contributed by atoms with Crippen LogP contribution in [-0.4, -0.2) is 56.6 Å². The second kappa shape index (κ2) is 6.46. The summed E-state index contributed by atoms with van der Waals surface area (Å²) < 4.78 is 0. The minimum Gasteiger partial charge on any atom is -0.329 e. The Morgan fingerprint density at radius 3 is 2.27 bits per heavy atom. The molecular formula is C12H27N3. The number of likely N-dealkylation sites (N-methyl/N-ethyl adjacent to an activating group) is 1. The van der Waals surface area contributed by atoms with Gasteiger partial charge in [0.2, 0.25) is 0 Å². The van der Waals surface area contributed by atoms with Crippen LogP contribution < -0.4 is 5.73 Å². The van der Waals surface area contributed by atoms with Crippen molar-refractivity contribution in [2.45, 2.75) is 31.7 Å². The van der Waals surface area contributed by atoms with Gasteiger partial charge in [0.05, 0.1) is 0 Å². The summed E-state index contributed by atoms with van der Waals surface area (Å²) in [5, 5.41) is 0. The second-order valence-corrected chi connectivity index (χ2v) is 5.13. The minimum absolute atomic E-state index is 0.626. The number of nitrogens with two attached hydrogens (primary N) is 1. The Hall–Kier alpha value is -0.120. The molecule has 1 atom stereocenters. The van der Waals surface area contributed by atoms with E-state index in [9.17, 15) is 0 Å². The highest BCUT2D eigenvalue weighted by atomic mass is 15.1. The Labute approximate surface area is 94.6 Å². The summed E-state index contributed by atoms with van der Waals surface area (Å²) in [6.45, 7) is 3.17. The first-order valence-corrected chi connectivity index (χ1v) is 6.20. The van der Waals surface area contributed by atoms with Gasteiger partial charge in [0.15, 0.2) is 0 Å². The molecule has 1 aliphatic carbocycles. The van der Waals surface area contributed by atoms with Crippen LogP contribution in [0.4, 0.5) is 0 Å². The summed E-state index contributed by atoms with van der Waals surface area (Å²) in [6.07, 6.45) is 5.43. The molecule has 90 valence electrons. The van der Waals surface area contributed by atoms with Gasteiger partial charge in [0.25, 0.3) is 0 Å². The predicted molar refractivity (Wildman–Crippen MR) is 66.0 cm³/mol. The Kier molecular flexibility index (Phi) is 5.58. The highest BCUT2D eigenvalue weighted by Gasteiger charge is 2.28. The number of nitrogens with zero attached hydrogens (tertiary/aromatic N) is 2. The van der Waals surface area contributed by atoms with E-state index in [1.165, 1.54) is 38.8 Å². The van der Waals surface area contributed by atoms with Crippen LogP contribution in [0.1, 0.15) is 25.7 Å². The summed E-state index contributed by atoms with van der Waals surface area (Å²) in [5.41, 5.74) is 5.86. The molecular weight excluding hydrogens is 186 g/mol. The smallest absolute Gasteiger partial charge is 0.0243 e. The molecule has 0 heterocycles. The van der Waals surface area contributed by atoms with Crippen LogP contribution in [0, 0.1) is 5.92 Å². The first-order valence-electron chi connectivity index (χ1n) is 6.20. The molecule has 2 N–H and O–H groups in total. The Morgan fingerprint density at radius 2 is 1.87 bits per heavy atom. The van der Waals surface area contributed by atoms with Crippen molar-refractivity contribution in [3.05, 3.63) is 0 Å². The van der Waals surface area contributed by atoms with Gasteiger partial charge in [-0.15, -0.1) is 0 Å². The molecule has 1 unspecified atom stereocenters. The molecule has 0 radical (unpaired) electrons. The van der Waals surface area contributed by atoms with Crippen molar-refractivity contribution in [2.75, 3.05) is 40.8 Å². The lowest BCUT2D eigenvalue weighted by Crippen LogP contribution is -2.46. The third-order valence-electron chi connectivity index (χ3n) is 3.62. The molecule has 0 amide bonds. The number of hydrogen-bond acceptors (Lipinski definition) is 3. The maximum atomic E-state index is 5.86. The van der Waals surface area contributed by atoms with Gasteiger partial charge in [0.1, 0.15) is 0 Å². The minimum atomic E-state index is 0.626. The molecule has 1 aliphatic rings. The highest BCUT2D eigenvalue weighted by Crippen LogP contribution is 2.31. The average Bonchev–Trinajstić information content (AvgIpc) is 2.09. The SMILES string of the molecule is CN(C)CCCN(C)C(CN)C1CCC1. The van der Waals surface area contributed by atoms with Crippen LogP contribution in [0.25, 0.3) is 0 Å². The van der Waals surface area contributed by atoms with Crippen LogP contribution in [-0.2, 0) is 0 Å². The fraction of sp³-hybridized carbons (Fsp3) is 1.00. The van der Waals surface area contributed by atoms with E-state index in [0.29, 0.717) is 6.04 Å². The monoisotopic (exact) mass is 213 g/mol. The van der Waals surface area contributed by atoms with Gasteiger partial charge in [-0.2, -0.15) is 0 Å². The molecule has 3 heteroatoms. The normalized spacial score (nSPS) is 19.6. The van der Waals surface area contributed by atoms with Gasteiger partial charge in [-0.3, -0.25) is 0 Å². The van der Waals surface area contributed by atoms with Crippen LogP contribution in [0.2, 0.25) is 0 Å². The molecule has 1 rings (SSSR count). The average molecular weight is 213 g/mol. The fourth-order valence-electron chi connectivity index (χ4n) is 2.36. The largest absolute Gasteiger partial charge is 0.329 e. The third kappa shape index (κ3) is 4.09. The zero-order valence-corrected chi connectivity index (χ0v) is 10.6. The first-order chi connectivity index (χ1) is 7.15. The van der Waals surface area contributed by atoms with Crippen LogP contribution in [0.5, 0.6) is 0 Å². The highest BCUT2D eigenvalue weighted by molar-refractivity contribution is 4.84. The topological polar surface area (TPSA) is 32.5 Å². The lowest BCUT2D eigenvalue weighted by atomic mass is 9.79. The molecule has 0 aromatic rings. The van der Waals surface area contributed by atoms with Crippen LogP contribution in [0.15, 0.2) is 0 Å². The molecule has 3 nitrogen and oxygen atoms in total. The van der Waals surface area contributed by atoms with Gasteiger partial charge >= 0.3 is 0 Å². The molecule has 0 spiro atoms. The Balaban J connectivity index is 2.20. The number of rotatable bonds is 7. The van der Waals surface area contributed by atoms with Gasteiger partial charge in [-0.05, 0) is 59.4 Å². The van der Waals surface area contributed by atoms with Crippen molar-refractivity contribution in [1.82, 2.24) is 9.80 Å². The zero-order chi connectivity index (χ0) is 11.3. The maximum Gasteiger partial charge on any atom is 0.0243 e. The third-order valence-corrected chi connectivity index (χ3v) is 3.62. The Morgan fingerprint density at radius 1 is 1.20 bits per heavy atom. The molecule has 0 saturated heterocycles. The molecule has 0 aromatic carbocycles. The van der Waals surface area contributed by atoms with Gasteiger partial charge in [0, 0.05) is 12.6 Å². The van der Waals surface area contributed by atoms with E-state index < -0.39 is 0 Å². The molecule has 0 bridgehead atoms. The maximum absolute atomic E-state index is 5.86. The van der Waals surface area contributed by atoms with E-state index in [1.807, 2.05) is 0 Å². The first kappa shape index (κ1) is 12.9. The lowest BCUT2D eigenvalue weighted by molar-refractivity contribution is 0.121.